The Morgan fingerprint density at radius 1 is 1.15 bits per heavy atom. The monoisotopic (exact) mass is 394 g/mol. The molecule has 3 heterocycles. The van der Waals surface area contributed by atoms with Gasteiger partial charge in [0.2, 0.25) is 0 Å². The van der Waals surface area contributed by atoms with E-state index >= 15 is 4.39 Å². The topological polar surface area (TPSA) is 55.8 Å². The largest absolute Gasteiger partial charge is 0.525 e. The smallest absolute Gasteiger partial charge is 0.481 e. The average molecular weight is 394 g/mol. The maximum Gasteiger partial charge on any atom is 0.525 e. The highest BCUT2D eigenvalue weighted by Crippen LogP contribution is 2.42. The Morgan fingerprint density at radius 3 is 2.35 bits per heavy atom. The minimum atomic E-state index is -1.10. The standard InChI is InChI=1S/C18H20BFO4S2/c1-17(2)18(3,4)24-19(23-17)16(20)15(12-6-5-9-25-12)13-8-7-11(26-13)10-14(21)22/h5-9H,10H2,1-4H3,(H,21,22). The van der Waals surface area contributed by atoms with E-state index in [1.807, 2.05) is 45.2 Å². The van der Waals surface area contributed by atoms with E-state index in [2.05, 4.69) is 0 Å². The van der Waals surface area contributed by atoms with Gasteiger partial charge in [-0.2, -0.15) is 0 Å². The summed E-state index contributed by atoms with van der Waals surface area (Å²) in [4.78, 5) is 13.0. The first-order chi connectivity index (χ1) is 12.1. The molecule has 1 saturated heterocycles. The summed E-state index contributed by atoms with van der Waals surface area (Å²) >= 11 is 2.69. The van der Waals surface area contributed by atoms with Gasteiger partial charge in [0.25, 0.3) is 0 Å². The van der Waals surface area contributed by atoms with Crippen LogP contribution in [-0.2, 0) is 20.5 Å². The maximum absolute atomic E-state index is 15.5. The molecule has 1 N–H and O–H groups in total. The van der Waals surface area contributed by atoms with Crippen LogP contribution in [0.4, 0.5) is 4.39 Å². The Balaban J connectivity index is 2.03. The Kier molecular flexibility index (Phi) is 5.14. The number of carboxylic acid groups (broad SMARTS) is 1. The summed E-state index contributed by atoms with van der Waals surface area (Å²) in [5.74, 6) is -0.911. The van der Waals surface area contributed by atoms with Crippen LogP contribution in [0.25, 0.3) is 5.57 Å². The van der Waals surface area contributed by atoms with Crippen LogP contribution in [0.5, 0.6) is 0 Å². The predicted octanol–water partition coefficient (Wildman–Crippen LogP) is 4.80. The Morgan fingerprint density at radius 2 is 1.81 bits per heavy atom. The van der Waals surface area contributed by atoms with Crippen molar-refractivity contribution in [3.05, 3.63) is 50.0 Å². The first-order valence-electron chi connectivity index (χ1n) is 8.21. The molecule has 0 bridgehead atoms. The molecule has 0 amide bonds. The molecular weight excluding hydrogens is 374 g/mol. The van der Waals surface area contributed by atoms with Gasteiger partial charge in [-0.3, -0.25) is 4.79 Å². The highest BCUT2D eigenvalue weighted by Gasteiger charge is 2.53. The molecule has 3 rings (SSSR count). The summed E-state index contributed by atoms with van der Waals surface area (Å²) in [7, 11) is -1.10. The van der Waals surface area contributed by atoms with Crippen LogP contribution in [0.3, 0.4) is 0 Å². The highest BCUT2D eigenvalue weighted by atomic mass is 32.1. The van der Waals surface area contributed by atoms with Crippen LogP contribution in [0.2, 0.25) is 0 Å². The second-order valence-electron chi connectivity index (χ2n) is 7.12. The third-order valence-corrected chi connectivity index (χ3v) is 6.69. The van der Waals surface area contributed by atoms with Gasteiger partial charge in [0.05, 0.1) is 17.6 Å². The van der Waals surface area contributed by atoms with Gasteiger partial charge in [0.1, 0.15) is 5.73 Å². The second-order valence-corrected chi connectivity index (χ2v) is 9.24. The number of rotatable bonds is 5. The summed E-state index contributed by atoms with van der Waals surface area (Å²) in [6, 6.07) is 7.16. The Bertz CT molecular complexity index is 823. The van der Waals surface area contributed by atoms with E-state index in [4.69, 9.17) is 14.4 Å². The molecule has 2 aromatic heterocycles. The van der Waals surface area contributed by atoms with Gasteiger partial charge >= 0.3 is 13.1 Å². The zero-order valence-electron chi connectivity index (χ0n) is 15.0. The lowest BCUT2D eigenvalue weighted by Gasteiger charge is -2.32. The lowest BCUT2D eigenvalue weighted by Crippen LogP contribution is -2.41. The zero-order chi connectivity index (χ0) is 19.1. The first-order valence-corrected chi connectivity index (χ1v) is 9.90. The van der Waals surface area contributed by atoms with E-state index in [1.54, 1.807) is 12.1 Å². The number of aliphatic carboxylic acids is 1. The molecule has 4 nitrogen and oxygen atoms in total. The van der Waals surface area contributed by atoms with Crippen LogP contribution in [0, 0.1) is 0 Å². The molecular formula is C18H20BFO4S2. The Labute approximate surface area is 160 Å². The maximum atomic E-state index is 15.5. The van der Waals surface area contributed by atoms with Crippen molar-refractivity contribution in [3.8, 4) is 0 Å². The van der Waals surface area contributed by atoms with E-state index in [9.17, 15) is 4.79 Å². The second kappa shape index (κ2) is 6.92. The highest BCUT2D eigenvalue weighted by molar-refractivity contribution is 7.15. The van der Waals surface area contributed by atoms with Gasteiger partial charge in [-0.05, 0) is 51.3 Å². The third-order valence-electron chi connectivity index (χ3n) is 4.70. The number of carbonyl (C=O) groups is 1. The van der Waals surface area contributed by atoms with Gasteiger partial charge in [-0.15, -0.1) is 22.7 Å². The molecule has 138 valence electrons. The minimum absolute atomic E-state index is 0.0828. The van der Waals surface area contributed by atoms with E-state index in [-0.39, 0.29) is 6.42 Å². The number of hydrogen-bond donors (Lipinski definition) is 1. The van der Waals surface area contributed by atoms with E-state index in [0.29, 0.717) is 15.3 Å². The molecule has 2 aromatic rings. The summed E-state index contributed by atoms with van der Waals surface area (Å²) in [6.07, 6.45) is -0.0828. The molecule has 0 aromatic carbocycles. The fraction of sp³-hybridized carbons (Fsp3) is 0.389. The molecule has 0 aliphatic carbocycles. The van der Waals surface area contributed by atoms with Gasteiger partial charge in [-0.25, -0.2) is 4.39 Å². The third kappa shape index (κ3) is 3.64. The van der Waals surface area contributed by atoms with Crippen molar-refractivity contribution in [2.75, 3.05) is 0 Å². The zero-order valence-corrected chi connectivity index (χ0v) is 16.7. The van der Waals surface area contributed by atoms with E-state index < -0.39 is 30.0 Å². The van der Waals surface area contributed by atoms with Gasteiger partial charge in [-0.1, -0.05) is 6.07 Å². The van der Waals surface area contributed by atoms with Crippen molar-refractivity contribution in [2.24, 2.45) is 0 Å². The van der Waals surface area contributed by atoms with Crippen LogP contribution in [-0.4, -0.2) is 29.4 Å². The fourth-order valence-electron chi connectivity index (χ4n) is 2.60. The Hall–Kier alpha value is -1.48. The van der Waals surface area contributed by atoms with Crippen LogP contribution >= 0.6 is 22.7 Å². The van der Waals surface area contributed by atoms with Gasteiger partial charge in [0, 0.05) is 20.2 Å². The van der Waals surface area contributed by atoms with Crippen LogP contribution in [0.1, 0.15) is 42.3 Å². The average Bonchev–Trinajstić information content (AvgIpc) is 3.21. The van der Waals surface area contributed by atoms with Crippen LogP contribution < -0.4 is 0 Å². The molecule has 0 unspecified atom stereocenters. The molecule has 0 saturated carbocycles. The number of halogens is 1. The molecule has 1 aliphatic heterocycles. The van der Waals surface area contributed by atoms with E-state index in [0.717, 1.165) is 4.88 Å². The first kappa shape index (κ1) is 19.3. The molecule has 1 fully saturated rings. The quantitative estimate of drug-likeness (QED) is 0.741. The fourth-order valence-corrected chi connectivity index (χ4v) is 4.51. The molecule has 8 heteroatoms. The summed E-state index contributed by atoms with van der Waals surface area (Å²) < 4.78 is 27.2. The number of carboxylic acids is 1. The minimum Gasteiger partial charge on any atom is -0.481 e. The van der Waals surface area contributed by atoms with E-state index in [1.165, 1.54) is 22.7 Å². The molecule has 26 heavy (non-hydrogen) atoms. The molecule has 0 atom stereocenters. The van der Waals surface area contributed by atoms with Crippen molar-refractivity contribution in [1.29, 1.82) is 0 Å². The summed E-state index contributed by atoms with van der Waals surface area (Å²) in [5, 5.41) is 10.9. The normalized spacial score (nSPS) is 19.5. The van der Waals surface area contributed by atoms with Crippen molar-refractivity contribution < 1.29 is 23.6 Å². The molecule has 1 aliphatic rings. The summed E-state index contributed by atoms with van der Waals surface area (Å²) in [6.45, 7) is 7.50. The lowest BCUT2D eigenvalue weighted by atomic mass is 9.84. The van der Waals surface area contributed by atoms with Crippen molar-refractivity contribution in [1.82, 2.24) is 0 Å². The predicted molar refractivity (Wildman–Crippen MR) is 103 cm³/mol. The molecule has 0 spiro atoms. The van der Waals surface area contributed by atoms with Crippen molar-refractivity contribution >= 4 is 41.3 Å². The van der Waals surface area contributed by atoms with Gasteiger partial charge in [0.15, 0.2) is 0 Å². The SMILES string of the molecule is CC1(C)OB(C(F)=C(c2cccs2)c2ccc(CC(=O)O)s2)OC1(C)C. The summed E-state index contributed by atoms with van der Waals surface area (Å²) in [5.41, 5.74) is -1.37. The van der Waals surface area contributed by atoms with Gasteiger partial charge < -0.3 is 14.4 Å². The number of thiophene rings is 2. The lowest BCUT2D eigenvalue weighted by molar-refractivity contribution is -0.136. The van der Waals surface area contributed by atoms with Crippen LogP contribution in [0.15, 0.2) is 35.4 Å². The molecule has 0 radical (unpaired) electrons. The van der Waals surface area contributed by atoms with Crippen molar-refractivity contribution in [2.45, 2.75) is 45.3 Å². The van der Waals surface area contributed by atoms with Crippen molar-refractivity contribution in [3.63, 3.8) is 0 Å². The number of hydrogen-bond acceptors (Lipinski definition) is 5.